The summed E-state index contributed by atoms with van der Waals surface area (Å²) in [5.74, 6) is 0.240. The minimum Gasteiger partial charge on any atom is -0.507 e. The molecule has 2 aromatic heterocycles. The first-order valence-electron chi connectivity index (χ1n) is 6.70. The molecule has 102 valence electrons. The second kappa shape index (κ2) is 4.63. The number of pyridine rings is 1. The van der Waals surface area contributed by atoms with Crippen LogP contribution in [0.5, 0.6) is 5.75 Å². The summed E-state index contributed by atoms with van der Waals surface area (Å²) in [4.78, 5) is 4.60. The number of aromatic nitrogens is 3. The predicted molar refractivity (Wildman–Crippen MR) is 79.8 cm³/mol. The number of aromatic hydroxyl groups is 1. The Hall–Kier alpha value is -2.36. The fourth-order valence-electron chi connectivity index (χ4n) is 2.21. The number of rotatable bonds is 2. The number of aryl methyl sites for hydroxylation is 1. The maximum atomic E-state index is 10.1. The lowest BCUT2D eigenvalue weighted by atomic mass is 10.1. The second-order valence-corrected chi connectivity index (χ2v) is 5.32. The Labute approximate surface area is 117 Å². The molecular formula is C16H17N3O. The van der Waals surface area contributed by atoms with E-state index in [0.29, 0.717) is 11.7 Å². The van der Waals surface area contributed by atoms with Crippen LogP contribution in [-0.2, 0) is 0 Å². The third-order valence-corrected chi connectivity index (χ3v) is 3.34. The minimum absolute atomic E-state index is 0.240. The Morgan fingerprint density at radius 3 is 2.60 bits per heavy atom. The van der Waals surface area contributed by atoms with Gasteiger partial charge in [-0.3, -0.25) is 4.68 Å². The molecule has 0 spiro atoms. The van der Waals surface area contributed by atoms with E-state index in [0.717, 1.165) is 22.2 Å². The fraction of sp³-hybridized carbons (Fsp3) is 0.250. The molecule has 1 N–H and O–H groups in total. The SMILES string of the molecule is Cc1ccc2c(O)cc(-c3ccn(C(C)C)n3)nc2c1. The van der Waals surface area contributed by atoms with Gasteiger partial charge < -0.3 is 5.11 Å². The summed E-state index contributed by atoms with van der Waals surface area (Å²) in [5, 5.41) is 15.4. The van der Waals surface area contributed by atoms with Crippen molar-refractivity contribution in [2.45, 2.75) is 26.8 Å². The van der Waals surface area contributed by atoms with Crippen molar-refractivity contribution in [2.75, 3.05) is 0 Å². The van der Waals surface area contributed by atoms with Gasteiger partial charge in [-0.15, -0.1) is 0 Å². The quantitative estimate of drug-likeness (QED) is 0.770. The lowest BCUT2D eigenvalue weighted by Gasteiger charge is -2.06. The number of benzene rings is 1. The van der Waals surface area contributed by atoms with Crippen LogP contribution in [-0.4, -0.2) is 19.9 Å². The highest BCUT2D eigenvalue weighted by atomic mass is 16.3. The molecule has 0 aliphatic carbocycles. The second-order valence-electron chi connectivity index (χ2n) is 5.32. The molecule has 2 heterocycles. The molecule has 0 saturated carbocycles. The van der Waals surface area contributed by atoms with Crippen molar-refractivity contribution in [1.82, 2.24) is 14.8 Å². The summed E-state index contributed by atoms with van der Waals surface area (Å²) in [6.07, 6.45) is 1.93. The van der Waals surface area contributed by atoms with Crippen LogP contribution < -0.4 is 0 Å². The monoisotopic (exact) mass is 267 g/mol. The Morgan fingerprint density at radius 2 is 1.90 bits per heavy atom. The van der Waals surface area contributed by atoms with E-state index in [1.807, 2.05) is 42.1 Å². The van der Waals surface area contributed by atoms with E-state index in [4.69, 9.17) is 0 Å². The third-order valence-electron chi connectivity index (χ3n) is 3.34. The van der Waals surface area contributed by atoms with Crippen LogP contribution in [0.15, 0.2) is 36.5 Å². The molecule has 0 fully saturated rings. The van der Waals surface area contributed by atoms with Crippen LogP contribution in [0.2, 0.25) is 0 Å². The van der Waals surface area contributed by atoms with E-state index in [-0.39, 0.29) is 5.75 Å². The smallest absolute Gasteiger partial charge is 0.127 e. The van der Waals surface area contributed by atoms with Crippen molar-refractivity contribution in [2.24, 2.45) is 0 Å². The van der Waals surface area contributed by atoms with E-state index in [1.54, 1.807) is 6.07 Å². The van der Waals surface area contributed by atoms with Crippen LogP contribution in [0, 0.1) is 6.92 Å². The lowest BCUT2D eigenvalue weighted by molar-refractivity contribution is 0.481. The number of hydrogen-bond donors (Lipinski definition) is 1. The first kappa shape index (κ1) is 12.7. The first-order chi connectivity index (χ1) is 9.54. The van der Waals surface area contributed by atoms with Crippen molar-refractivity contribution in [3.63, 3.8) is 0 Å². The average molecular weight is 267 g/mol. The Bertz CT molecular complexity index is 774. The van der Waals surface area contributed by atoms with Crippen molar-refractivity contribution >= 4 is 10.9 Å². The van der Waals surface area contributed by atoms with Gasteiger partial charge in [0.15, 0.2) is 0 Å². The fourth-order valence-corrected chi connectivity index (χ4v) is 2.21. The lowest BCUT2D eigenvalue weighted by Crippen LogP contribution is -2.01. The third kappa shape index (κ3) is 2.13. The standard InChI is InChI=1S/C16H17N3O/c1-10(2)19-7-6-13(18-19)15-9-16(20)12-5-4-11(3)8-14(12)17-15/h4-10H,1-3H3,(H,17,20). The summed E-state index contributed by atoms with van der Waals surface area (Å²) in [6, 6.07) is 9.73. The molecule has 3 aromatic rings. The highest BCUT2D eigenvalue weighted by molar-refractivity contribution is 5.87. The van der Waals surface area contributed by atoms with Gasteiger partial charge in [-0.05, 0) is 44.5 Å². The van der Waals surface area contributed by atoms with Gasteiger partial charge in [-0.2, -0.15) is 5.10 Å². The normalized spacial score (nSPS) is 11.4. The van der Waals surface area contributed by atoms with E-state index in [1.165, 1.54) is 0 Å². The van der Waals surface area contributed by atoms with E-state index >= 15 is 0 Å². The zero-order valence-electron chi connectivity index (χ0n) is 11.8. The Kier molecular flexibility index (Phi) is 2.93. The van der Waals surface area contributed by atoms with Gasteiger partial charge in [-0.25, -0.2) is 4.98 Å². The largest absolute Gasteiger partial charge is 0.507 e. The van der Waals surface area contributed by atoms with E-state index < -0.39 is 0 Å². The molecule has 0 saturated heterocycles. The van der Waals surface area contributed by atoms with Crippen LogP contribution in [0.3, 0.4) is 0 Å². The highest BCUT2D eigenvalue weighted by Crippen LogP contribution is 2.29. The van der Waals surface area contributed by atoms with Gasteiger partial charge in [0.1, 0.15) is 11.4 Å². The minimum atomic E-state index is 0.240. The predicted octanol–water partition coefficient (Wildman–Crippen LogP) is 3.69. The van der Waals surface area contributed by atoms with Gasteiger partial charge >= 0.3 is 0 Å². The Balaban J connectivity index is 2.15. The zero-order chi connectivity index (χ0) is 14.3. The molecule has 0 aliphatic heterocycles. The number of fused-ring (bicyclic) bond motifs is 1. The summed E-state index contributed by atoms with van der Waals surface area (Å²) in [7, 11) is 0. The van der Waals surface area contributed by atoms with Crippen molar-refractivity contribution in [3.8, 4) is 17.1 Å². The van der Waals surface area contributed by atoms with Gasteiger partial charge in [0.05, 0.1) is 11.2 Å². The maximum Gasteiger partial charge on any atom is 0.127 e. The molecule has 0 atom stereocenters. The maximum absolute atomic E-state index is 10.1. The Morgan fingerprint density at radius 1 is 1.10 bits per heavy atom. The molecule has 3 rings (SSSR count). The molecule has 0 unspecified atom stereocenters. The van der Waals surface area contributed by atoms with E-state index in [9.17, 15) is 5.11 Å². The van der Waals surface area contributed by atoms with Crippen LogP contribution in [0.1, 0.15) is 25.5 Å². The highest BCUT2D eigenvalue weighted by Gasteiger charge is 2.10. The van der Waals surface area contributed by atoms with Gasteiger partial charge in [0.25, 0.3) is 0 Å². The first-order valence-corrected chi connectivity index (χ1v) is 6.70. The molecule has 4 nitrogen and oxygen atoms in total. The van der Waals surface area contributed by atoms with Crippen LogP contribution >= 0.6 is 0 Å². The average Bonchev–Trinajstić information content (AvgIpc) is 2.87. The molecule has 0 bridgehead atoms. The van der Waals surface area contributed by atoms with Crippen LogP contribution in [0.25, 0.3) is 22.3 Å². The number of nitrogens with zero attached hydrogens (tertiary/aromatic N) is 3. The number of hydrogen-bond acceptors (Lipinski definition) is 3. The molecule has 0 aliphatic rings. The van der Waals surface area contributed by atoms with Gasteiger partial charge in [0, 0.05) is 23.7 Å². The molecular weight excluding hydrogens is 250 g/mol. The van der Waals surface area contributed by atoms with Gasteiger partial charge in [-0.1, -0.05) is 6.07 Å². The zero-order valence-corrected chi connectivity index (χ0v) is 11.8. The van der Waals surface area contributed by atoms with Crippen molar-refractivity contribution in [1.29, 1.82) is 0 Å². The summed E-state index contributed by atoms with van der Waals surface area (Å²) >= 11 is 0. The van der Waals surface area contributed by atoms with Crippen molar-refractivity contribution < 1.29 is 5.11 Å². The van der Waals surface area contributed by atoms with Crippen molar-refractivity contribution in [3.05, 3.63) is 42.1 Å². The topological polar surface area (TPSA) is 50.9 Å². The summed E-state index contributed by atoms with van der Waals surface area (Å²) in [6.45, 7) is 6.16. The molecule has 1 aromatic carbocycles. The molecule has 0 amide bonds. The van der Waals surface area contributed by atoms with Crippen LogP contribution in [0.4, 0.5) is 0 Å². The molecule has 4 heteroatoms. The van der Waals surface area contributed by atoms with E-state index in [2.05, 4.69) is 23.9 Å². The molecule has 20 heavy (non-hydrogen) atoms. The molecule has 0 radical (unpaired) electrons. The summed E-state index contributed by atoms with van der Waals surface area (Å²) < 4.78 is 1.88. The summed E-state index contributed by atoms with van der Waals surface area (Å²) in [5.41, 5.74) is 3.38. The van der Waals surface area contributed by atoms with Gasteiger partial charge in [0.2, 0.25) is 0 Å².